The molecule has 3 nitrogen and oxygen atoms in total. The van der Waals surface area contributed by atoms with E-state index < -0.39 is 18.9 Å². The molecule has 0 spiro atoms. The lowest BCUT2D eigenvalue weighted by molar-refractivity contribution is -0.192. The summed E-state index contributed by atoms with van der Waals surface area (Å²) in [5.74, 6) is 0. The molecule has 3 atom stereocenters. The van der Waals surface area contributed by atoms with Gasteiger partial charge in [0.05, 0.1) is 12.7 Å². The van der Waals surface area contributed by atoms with Crippen LogP contribution in [0.4, 0.5) is 13.2 Å². The van der Waals surface area contributed by atoms with Crippen molar-refractivity contribution in [3.63, 3.8) is 0 Å². The van der Waals surface area contributed by atoms with Crippen molar-refractivity contribution >= 4 is 0 Å². The summed E-state index contributed by atoms with van der Waals surface area (Å²) in [5.41, 5.74) is 0. The average Bonchev–Trinajstić information content (AvgIpc) is 2.59. The fourth-order valence-electron chi connectivity index (χ4n) is 1.77. The molecule has 2 aliphatic rings. The number of alkyl halides is 3. The molecule has 0 aromatic rings. The molecule has 0 aromatic carbocycles. The SMILES string of the molecule is FC(F)(F)COC1CO[C@@H]2CCO[C@H]12. The first-order chi connectivity index (χ1) is 6.56. The molecule has 2 rings (SSSR count). The van der Waals surface area contributed by atoms with Crippen LogP contribution in [0.2, 0.25) is 0 Å². The molecule has 2 fully saturated rings. The number of hydrogen-bond donors (Lipinski definition) is 0. The fourth-order valence-corrected chi connectivity index (χ4v) is 1.77. The Balaban J connectivity index is 1.81. The molecule has 82 valence electrons. The fraction of sp³-hybridized carbons (Fsp3) is 1.00. The zero-order valence-electron chi connectivity index (χ0n) is 7.42. The lowest BCUT2D eigenvalue weighted by atomic mass is 10.1. The second-order valence-electron chi connectivity index (χ2n) is 3.46. The topological polar surface area (TPSA) is 27.7 Å². The number of hydrogen-bond acceptors (Lipinski definition) is 3. The third-order valence-electron chi connectivity index (χ3n) is 2.38. The molecule has 0 bridgehead atoms. The molecular formula is C8H11F3O3. The minimum atomic E-state index is -4.28. The summed E-state index contributed by atoms with van der Waals surface area (Å²) in [6.45, 7) is -0.486. The van der Waals surface area contributed by atoms with Crippen molar-refractivity contribution in [1.82, 2.24) is 0 Å². The van der Waals surface area contributed by atoms with E-state index in [1.807, 2.05) is 0 Å². The van der Waals surface area contributed by atoms with Crippen molar-refractivity contribution in [2.75, 3.05) is 19.8 Å². The molecule has 6 heteroatoms. The van der Waals surface area contributed by atoms with Gasteiger partial charge in [0, 0.05) is 6.61 Å². The van der Waals surface area contributed by atoms with Crippen LogP contribution < -0.4 is 0 Å². The van der Waals surface area contributed by atoms with Gasteiger partial charge in [-0.3, -0.25) is 0 Å². The minimum absolute atomic E-state index is 0.0757. The molecule has 0 radical (unpaired) electrons. The van der Waals surface area contributed by atoms with Crippen LogP contribution in [0.5, 0.6) is 0 Å². The summed E-state index contributed by atoms with van der Waals surface area (Å²) in [6.07, 6.45) is -4.48. The van der Waals surface area contributed by atoms with Crippen LogP contribution in [-0.2, 0) is 14.2 Å². The van der Waals surface area contributed by atoms with Crippen molar-refractivity contribution < 1.29 is 27.4 Å². The van der Waals surface area contributed by atoms with Crippen molar-refractivity contribution in [3.05, 3.63) is 0 Å². The van der Waals surface area contributed by atoms with Gasteiger partial charge in [-0.2, -0.15) is 13.2 Å². The van der Waals surface area contributed by atoms with Crippen molar-refractivity contribution in [1.29, 1.82) is 0 Å². The third kappa shape index (κ3) is 2.18. The van der Waals surface area contributed by atoms with Gasteiger partial charge in [-0.05, 0) is 6.42 Å². The van der Waals surface area contributed by atoms with E-state index in [1.165, 1.54) is 0 Å². The molecule has 0 saturated carbocycles. The lowest BCUT2D eigenvalue weighted by Gasteiger charge is -2.17. The molecular weight excluding hydrogens is 201 g/mol. The van der Waals surface area contributed by atoms with Crippen LogP contribution in [0, 0.1) is 0 Å². The first-order valence-electron chi connectivity index (χ1n) is 4.48. The van der Waals surface area contributed by atoms with E-state index in [4.69, 9.17) is 14.2 Å². The van der Waals surface area contributed by atoms with E-state index in [0.717, 1.165) is 6.42 Å². The maximum absolute atomic E-state index is 11.8. The smallest absolute Gasteiger partial charge is 0.373 e. The maximum Gasteiger partial charge on any atom is 0.411 e. The van der Waals surface area contributed by atoms with Gasteiger partial charge in [0.25, 0.3) is 0 Å². The number of fused-ring (bicyclic) bond motifs is 1. The Hall–Kier alpha value is -0.330. The van der Waals surface area contributed by atoms with Crippen molar-refractivity contribution in [3.8, 4) is 0 Å². The summed E-state index contributed by atoms with van der Waals surface area (Å²) in [6, 6.07) is 0. The molecule has 2 aliphatic heterocycles. The third-order valence-corrected chi connectivity index (χ3v) is 2.38. The lowest BCUT2D eigenvalue weighted by Crippen LogP contribution is -2.33. The minimum Gasteiger partial charge on any atom is -0.373 e. The van der Waals surface area contributed by atoms with Crippen LogP contribution in [0.25, 0.3) is 0 Å². The molecule has 0 N–H and O–H groups in total. The van der Waals surface area contributed by atoms with E-state index in [1.54, 1.807) is 0 Å². The Labute approximate surface area is 79.1 Å². The first-order valence-corrected chi connectivity index (χ1v) is 4.48. The molecule has 0 aliphatic carbocycles. The molecule has 2 saturated heterocycles. The highest BCUT2D eigenvalue weighted by Gasteiger charge is 2.43. The van der Waals surface area contributed by atoms with Gasteiger partial charge in [-0.1, -0.05) is 0 Å². The van der Waals surface area contributed by atoms with Gasteiger partial charge in [-0.15, -0.1) is 0 Å². The Bertz CT molecular complexity index is 206. The van der Waals surface area contributed by atoms with Gasteiger partial charge in [0.15, 0.2) is 0 Å². The highest BCUT2D eigenvalue weighted by molar-refractivity contribution is 4.89. The van der Waals surface area contributed by atoms with E-state index in [2.05, 4.69) is 0 Å². The standard InChI is InChI=1S/C8H11F3O3/c9-8(10,11)4-14-6-3-13-5-1-2-12-7(5)6/h5-7H,1-4H2/t5-,6?,7+/m1/s1. The van der Waals surface area contributed by atoms with Crippen molar-refractivity contribution in [2.45, 2.75) is 30.9 Å². The van der Waals surface area contributed by atoms with E-state index in [9.17, 15) is 13.2 Å². The predicted molar refractivity (Wildman–Crippen MR) is 39.9 cm³/mol. The first kappa shape index (κ1) is 10.2. The highest BCUT2D eigenvalue weighted by Crippen LogP contribution is 2.29. The summed E-state index contributed by atoms with van der Waals surface area (Å²) in [7, 11) is 0. The van der Waals surface area contributed by atoms with Gasteiger partial charge < -0.3 is 14.2 Å². The average molecular weight is 212 g/mol. The summed E-state index contributed by atoms with van der Waals surface area (Å²) in [5, 5.41) is 0. The van der Waals surface area contributed by atoms with Crippen molar-refractivity contribution in [2.24, 2.45) is 0 Å². The van der Waals surface area contributed by atoms with Gasteiger partial charge in [0.1, 0.15) is 18.8 Å². The predicted octanol–water partition coefficient (Wildman–Crippen LogP) is 1.12. The summed E-state index contributed by atoms with van der Waals surface area (Å²) in [4.78, 5) is 0. The van der Waals surface area contributed by atoms with Crippen LogP contribution in [-0.4, -0.2) is 44.3 Å². The van der Waals surface area contributed by atoms with Crippen LogP contribution >= 0.6 is 0 Å². The molecule has 0 amide bonds. The Morgan fingerprint density at radius 2 is 2.07 bits per heavy atom. The highest BCUT2D eigenvalue weighted by atomic mass is 19.4. The summed E-state index contributed by atoms with van der Waals surface area (Å²) >= 11 is 0. The molecule has 1 unspecified atom stereocenters. The number of rotatable bonds is 2. The molecule has 2 heterocycles. The van der Waals surface area contributed by atoms with E-state index in [-0.39, 0.29) is 18.8 Å². The van der Waals surface area contributed by atoms with E-state index in [0.29, 0.717) is 6.61 Å². The maximum atomic E-state index is 11.8. The normalized spacial score (nSPS) is 37.5. The zero-order chi connectivity index (χ0) is 10.2. The van der Waals surface area contributed by atoms with Crippen LogP contribution in [0.1, 0.15) is 6.42 Å². The second-order valence-corrected chi connectivity index (χ2v) is 3.46. The quantitative estimate of drug-likeness (QED) is 0.686. The molecule has 14 heavy (non-hydrogen) atoms. The number of ether oxygens (including phenoxy) is 3. The van der Waals surface area contributed by atoms with Gasteiger partial charge >= 0.3 is 6.18 Å². The van der Waals surface area contributed by atoms with Crippen LogP contribution in [0.15, 0.2) is 0 Å². The number of halogens is 3. The van der Waals surface area contributed by atoms with E-state index >= 15 is 0 Å². The molecule has 0 aromatic heterocycles. The Kier molecular flexibility index (Phi) is 2.68. The van der Waals surface area contributed by atoms with Gasteiger partial charge in [-0.25, -0.2) is 0 Å². The van der Waals surface area contributed by atoms with Crippen LogP contribution in [0.3, 0.4) is 0 Å². The monoisotopic (exact) mass is 212 g/mol. The second kappa shape index (κ2) is 3.67. The Morgan fingerprint density at radius 3 is 2.79 bits per heavy atom. The Morgan fingerprint density at radius 1 is 1.29 bits per heavy atom. The largest absolute Gasteiger partial charge is 0.411 e. The summed E-state index contributed by atoms with van der Waals surface area (Å²) < 4.78 is 50.7. The zero-order valence-corrected chi connectivity index (χ0v) is 7.42. The van der Waals surface area contributed by atoms with Gasteiger partial charge in [0.2, 0.25) is 0 Å².